The molecule has 0 saturated heterocycles. The van der Waals surface area contributed by atoms with Crippen molar-refractivity contribution in [3.05, 3.63) is 34.9 Å². The molecule has 0 unspecified atom stereocenters. The third kappa shape index (κ3) is 1.74. The van der Waals surface area contributed by atoms with E-state index < -0.39 is 12.2 Å². The summed E-state index contributed by atoms with van der Waals surface area (Å²) in [5, 5.41) is 30.1. The number of hydrogen-bond donors (Lipinski definition) is 3. The molecule has 0 aliphatic heterocycles. The number of aryl methyl sites for hydroxylation is 1. The third-order valence-electron chi connectivity index (χ3n) is 6.11. The van der Waals surface area contributed by atoms with Crippen molar-refractivity contribution >= 4 is 5.57 Å². The van der Waals surface area contributed by atoms with Crippen LogP contribution in [-0.4, -0.2) is 27.5 Å². The lowest BCUT2D eigenvalue weighted by molar-refractivity contribution is -0.0239. The summed E-state index contributed by atoms with van der Waals surface area (Å²) in [6, 6.07) is 5.68. The second-order valence-corrected chi connectivity index (χ2v) is 7.15. The number of fused-ring (bicyclic) bond motifs is 4. The fourth-order valence-electron chi connectivity index (χ4n) is 4.90. The van der Waals surface area contributed by atoms with E-state index >= 15 is 0 Å². The topological polar surface area (TPSA) is 60.7 Å². The van der Waals surface area contributed by atoms with Crippen molar-refractivity contribution in [3.8, 4) is 5.75 Å². The zero-order chi connectivity index (χ0) is 14.8. The number of phenols is 1. The number of benzene rings is 1. The standard InChI is InChI=1S/C18H22O3/c1-18-7-6-13-12-5-3-11(19)8-10(12)2-4-14(13)15(18)9-16(20)17(18)21/h3,5,8,15-17,19-21H,2,4,6-7,9H2,1H3/t15-,16+,17-,18-/m0/s1. The first-order valence-corrected chi connectivity index (χ1v) is 7.91. The molecule has 0 radical (unpaired) electrons. The predicted octanol–water partition coefficient (Wildman–Crippen LogP) is 2.63. The maximum atomic E-state index is 10.4. The number of hydrogen-bond acceptors (Lipinski definition) is 3. The Kier molecular flexibility index (Phi) is 2.76. The van der Waals surface area contributed by atoms with Crippen molar-refractivity contribution in [2.75, 3.05) is 0 Å². The van der Waals surface area contributed by atoms with Crippen molar-refractivity contribution in [1.29, 1.82) is 0 Å². The molecule has 112 valence electrons. The Labute approximate surface area is 124 Å². The lowest BCUT2D eigenvalue weighted by Gasteiger charge is -2.43. The Hall–Kier alpha value is -1.32. The fourth-order valence-corrected chi connectivity index (χ4v) is 4.90. The van der Waals surface area contributed by atoms with Crippen molar-refractivity contribution in [3.63, 3.8) is 0 Å². The highest BCUT2D eigenvalue weighted by Gasteiger charge is 2.54. The van der Waals surface area contributed by atoms with Gasteiger partial charge in [-0.15, -0.1) is 0 Å². The minimum atomic E-state index is -0.599. The van der Waals surface area contributed by atoms with Gasteiger partial charge in [-0.05, 0) is 66.9 Å². The van der Waals surface area contributed by atoms with Gasteiger partial charge in [0.15, 0.2) is 0 Å². The van der Waals surface area contributed by atoms with Crippen molar-refractivity contribution in [2.45, 2.75) is 51.2 Å². The summed E-state index contributed by atoms with van der Waals surface area (Å²) in [7, 11) is 0. The highest BCUT2D eigenvalue weighted by Crippen LogP contribution is 2.58. The first-order chi connectivity index (χ1) is 10.0. The molecule has 3 aliphatic rings. The molecule has 0 bridgehead atoms. The molecular formula is C18H22O3. The van der Waals surface area contributed by atoms with E-state index in [-0.39, 0.29) is 5.41 Å². The van der Waals surface area contributed by atoms with E-state index in [0.29, 0.717) is 18.1 Å². The van der Waals surface area contributed by atoms with E-state index in [0.717, 1.165) is 25.7 Å². The molecule has 4 rings (SSSR count). The summed E-state index contributed by atoms with van der Waals surface area (Å²) in [6.07, 6.45) is 3.32. The van der Waals surface area contributed by atoms with Crippen LogP contribution in [0.3, 0.4) is 0 Å². The summed E-state index contributed by atoms with van der Waals surface area (Å²) >= 11 is 0. The van der Waals surface area contributed by atoms with Gasteiger partial charge < -0.3 is 15.3 Å². The van der Waals surface area contributed by atoms with E-state index in [9.17, 15) is 15.3 Å². The summed E-state index contributed by atoms with van der Waals surface area (Å²) in [4.78, 5) is 0. The van der Waals surface area contributed by atoms with Crippen LogP contribution >= 0.6 is 0 Å². The number of aliphatic hydroxyl groups is 2. The van der Waals surface area contributed by atoms with Gasteiger partial charge in [0.1, 0.15) is 5.75 Å². The first kappa shape index (κ1) is 13.4. The van der Waals surface area contributed by atoms with Gasteiger partial charge in [-0.2, -0.15) is 0 Å². The number of rotatable bonds is 0. The second-order valence-electron chi connectivity index (χ2n) is 7.15. The summed E-state index contributed by atoms with van der Waals surface area (Å²) in [5.74, 6) is 0.637. The molecule has 3 nitrogen and oxygen atoms in total. The lowest BCUT2D eigenvalue weighted by Crippen LogP contribution is -2.39. The summed E-state index contributed by atoms with van der Waals surface area (Å²) in [6.45, 7) is 2.13. The molecule has 1 aromatic carbocycles. The maximum absolute atomic E-state index is 10.4. The van der Waals surface area contributed by atoms with Crippen LogP contribution in [0.15, 0.2) is 23.8 Å². The molecule has 0 aromatic heterocycles. The molecular weight excluding hydrogens is 264 g/mol. The van der Waals surface area contributed by atoms with Crippen LogP contribution in [0.1, 0.15) is 43.7 Å². The van der Waals surface area contributed by atoms with Crippen LogP contribution in [0, 0.1) is 11.3 Å². The molecule has 1 saturated carbocycles. The molecule has 3 heteroatoms. The lowest BCUT2D eigenvalue weighted by atomic mass is 9.62. The highest BCUT2D eigenvalue weighted by molar-refractivity contribution is 5.75. The molecule has 0 amide bonds. The van der Waals surface area contributed by atoms with Gasteiger partial charge in [0.2, 0.25) is 0 Å². The largest absolute Gasteiger partial charge is 0.508 e. The maximum Gasteiger partial charge on any atom is 0.115 e. The van der Waals surface area contributed by atoms with E-state index in [4.69, 9.17) is 0 Å². The predicted molar refractivity (Wildman–Crippen MR) is 80.8 cm³/mol. The van der Waals surface area contributed by atoms with E-state index in [1.165, 1.54) is 22.3 Å². The molecule has 3 aliphatic carbocycles. The van der Waals surface area contributed by atoms with Crippen LogP contribution in [0.25, 0.3) is 5.57 Å². The van der Waals surface area contributed by atoms with Crippen LogP contribution in [0.4, 0.5) is 0 Å². The third-order valence-corrected chi connectivity index (χ3v) is 6.11. The van der Waals surface area contributed by atoms with Gasteiger partial charge in [0.05, 0.1) is 12.2 Å². The Morgan fingerprint density at radius 1 is 1.14 bits per heavy atom. The fraction of sp³-hybridized carbons (Fsp3) is 0.556. The molecule has 1 fully saturated rings. The van der Waals surface area contributed by atoms with Crippen molar-refractivity contribution in [1.82, 2.24) is 0 Å². The SMILES string of the molecule is C[C@]12CCC3=C(CCc4cc(O)ccc43)[C@@H]1C[C@@H](O)[C@@H]2O. The number of aliphatic hydroxyl groups excluding tert-OH is 2. The molecule has 4 atom stereocenters. The van der Waals surface area contributed by atoms with Crippen LogP contribution in [-0.2, 0) is 6.42 Å². The van der Waals surface area contributed by atoms with Crippen molar-refractivity contribution in [2.24, 2.45) is 11.3 Å². The quantitative estimate of drug-likeness (QED) is 0.687. The van der Waals surface area contributed by atoms with E-state index in [1.807, 2.05) is 12.1 Å². The van der Waals surface area contributed by atoms with E-state index in [1.54, 1.807) is 6.07 Å². The van der Waals surface area contributed by atoms with Crippen LogP contribution in [0.5, 0.6) is 5.75 Å². The van der Waals surface area contributed by atoms with Gasteiger partial charge in [-0.25, -0.2) is 0 Å². The normalized spacial score (nSPS) is 38.0. The van der Waals surface area contributed by atoms with Crippen LogP contribution < -0.4 is 0 Å². The van der Waals surface area contributed by atoms with E-state index in [2.05, 4.69) is 6.92 Å². The van der Waals surface area contributed by atoms with Gasteiger partial charge in [0, 0.05) is 5.41 Å². The zero-order valence-corrected chi connectivity index (χ0v) is 12.3. The van der Waals surface area contributed by atoms with Gasteiger partial charge >= 0.3 is 0 Å². The first-order valence-electron chi connectivity index (χ1n) is 7.91. The second kappa shape index (κ2) is 4.34. The molecule has 3 N–H and O–H groups in total. The molecule has 0 spiro atoms. The molecule has 21 heavy (non-hydrogen) atoms. The van der Waals surface area contributed by atoms with Gasteiger partial charge in [-0.1, -0.05) is 18.6 Å². The Bertz CT molecular complexity index is 633. The van der Waals surface area contributed by atoms with Gasteiger partial charge in [-0.3, -0.25) is 0 Å². The number of phenolic OH excluding ortho intramolecular Hbond substituents is 1. The minimum absolute atomic E-state index is 0.174. The van der Waals surface area contributed by atoms with Gasteiger partial charge in [0.25, 0.3) is 0 Å². The van der Waals surface area contributed by atoms with Crippen LogP contribution in [0.2, 0.25) is 0 Å². The summed E-state index contributed by atoms with van der Waals surface area (Å²) in [5.41, 5.74) is 5.17. The highest BCUT2D eigenvalue weighted by atomic mass is 16.3. The Morgan fingerprint density at radius 3 is 2.76 bits per heavy atom. The smallest absolute Gasteiger partial charge is 0.115 e. The average Bonchev–Trinajstić information content (AvgIpc) is 2.70. The Morgan fingerprint density at radius 2 is 1.95 bits per heavy atom. The molecule has 1 aromatic rings. The molecule has 0 heterocycles. The monoisotopic (exact) mass is 286 g/mol. The Balaban J connectivity index is 1.82. The van der Waals surface area contributed by atoms with Crippen molar-refractivity contribution < 1.29 is 15.3 Å². The number of allylic oxidation sites excluding steroid dienone is 2. The number of aromatic hydroxyl groups is 1. The average molecular weight is 286 g/mol. The zero-order valence-electron chi connectivity index (χ0n) is 12.3. The summed E-state index contributed by atoms with van der Waals surface area (Å²) < 4.78 is 0. The minimum Gasteiger partial charge on any atom is -0.508 e.